The topological polar surface area (TPSA) is 145 Å². The summed E-state index contributed by atoms with van der Waals surface area (Å²) < 4.78 is 7.20. The Morgan fingerprint density at radius 3 is 2.74 bits per heavy atom. The van der Waals surface area contributed by atoms with Crippen molar-refractivity contribution in [3.63, 3.8) is 0 Å². The lowest BCUT2D eigenvalue weighted by atomic mass is 10.1. The van der Waals surface area contributed by atoms with Crippen LogP contribution in [0, 0.1) is 11.8 Å². The lowest BCUT2D eigenvalue weighted by molar-refractivity contribution is -0.0322. The lowest BCUT2D eigenvalue weighted by Crippen LogP contribution is -2.35. The maximum absolute atomic E-state index is 10.3. The highest BCUT2D eigenvalue weighted by Crippen LogP contribution is 2.31. The molecule has 9 nitrogen and oxygen atoms in total. The maximum Gasteiger partial charge on any atom is 0.208 e. The van der Waals surface area contributed by atoms with Crippen molar-refractivity contribution < 1.29 is 14.9 Å². The molecule has 2 aromatic heterocycles. The summed E-state index contributed by atoms with van der Waals surface area (Å²) in [5.74, 6) is 6.50. The van der Waals surface area contributed by atoms with E-state index in [0.717, 1.165) is 19.3 Å². The van der Waals surface area contributed by atoms with Crippen molar-refractivity contribution in [1.82, 2.24) is 19.5 Å². The van der Waals surface area contributed by atoms with Gasteiger partial charge in [-0.05, 0) is 12.3 Å². The first-order chi connectivity index (χ1) is 13.1. The molecule has 1 aliphatic heterocycles. The van der Waals surface area contributed by atoms with E-state index < -0.39 is 24.5 Å². The quantitative estimate of drug-likeness (QED) is 0.417. The van der Waals surface area contributed by atoms with E-state index in [-0.39, 0.29) is 12.4 Å². The van der Waals surface area contributed by atoms with Crippen molar-refractivity contribution in [2.24, 2.45) is 5.73 Å². The maximum atomic E-state index is 10.3. The van der Waals surface area contributed by atoms with E-state index in [0.29, 0.717) is 17.0 Å². The molecule has 0 aliphatic carbocycles. The standard InChI is InChI=1S/C18H26N6O3/c1-2-3-4-5-6-7-8-12-22-16(20)13-17(23-12)24(10-21-13)18-15(26)14(25)11(9-19)27-18/h10-11,14-15,18,25-26H,2-6,9,19H2,1H3,(H2,20,22,23)/t11-,14-,15-,18-/m1/s1. The van der Waals surface area contributed by atoms with Crippen LogP contribution in [0.1, 0.15) is 51.1 Å². The van der Waals surface area contributed by atoms with Crippen LogP contribution in [0.4, 0.5) is 5.82 Å². The Labute approximate surface area is 157 Å². The first-order valence-corrected chi connectivity index (χ1v) is 9.27. The molecule has 2 aromatic rings. The van der Waals surface area contributed by atoms with E-state index in [1.165, 1.54) is 23.7 Å². The molecule has 0 aromatic carbocycles. The summed E-state index contributed by atoms with van der Waals surface area (Å²) in [5.41, 5.74) is 12.4. The number of aromatic nitrogens is 4. The van der Waals surface area contributed by atoms with E-state index in [2.05, 4.69) is 33.7 Å². The van der Waals surface area contributed by atoms with Crippen molar-refractivity contribution in [2.45, 2.75) is 63.6 Å². The summed E-state index contributed by atoms with van der Waals surface area (Å²) in [6.45, 7) is 2.26. The van der Waals surface area contributed by atoms with Crippen molar-refractivity contribution in [1.29, 1.82) is 0 Å². The molecule has 3 rings (SSSR count). The number of fused-ring (bicyclic) bond motifs is 1. The van der Waals surface area contributed by atoms with Crippen molar-refractivity contribution in [3.05, 3.63) is 12.2 Å². The number of rotatable bonds is 6. The number of nitrogens with two attached hydrogens (primary N) is 2. The molecule has 0 amide bonds. The number of hydrogen-bond acceptors (Lipinski definition) is 8. The highest BCUT2D eigenvalue weighted by atomic mass is 16.6. The molecule has 4 atom stereocenters. The van der Waals surface area contributed by atoms with Gasteiger partial charge in [-0.1, -0.05) is 32.1 Å². The molecule has 0 saturated carbocycles. The minimum Gasteiger partial charge on any atom is -0.387 e. The zero-order valence-electron chi connectivity index (χ0n) is 15.4. The fourth-order valence-electron chi connectivity index (χ4n) is 3.12. The van der Waals surface area contributed by atoms with Crippen molar-refractivity contribution in [2.75, 3.05) is 12.3 Å². The van der Waals surface area contributed by atoms with Crippen LogP contribution in [-0.4, -0.2) is 54.6 Å². The molecule has 0 spiro atoms. The predicted molar refractivity (Wildman–Crippen MR) is 100 cm³/mol. The van der Waals surface area contributed by atoms with Crippen LogP contribution in [0.5, 0.6) is 0 Å². The Bertz CT molecular complexity index is 843. The van der Waals surface area contributed by atoms with Gasteiger partial charge >= 0.3 is 0 Å². The zero-order chi connectivity index (χ0) is 19.4. The van der Waals surface area contributed by atoms with Crippen LogP contribution in [0.2, 0.25) is 0 Å². The van der Waals surface area contributed by atoms with Gasteiger partial charge in [-0.3, -0.25) is 4.57 Å². The molecule has 3 heterocycles. The van der Waals surface area contributed by atoms with Gasteiger partial charge in [-0.2, -0.15) is 0 Å². The van der Waals surface area contributed by atoms with E-state index in [1.54, 1.807) is 0 Å². The largest absolute Gasteiger partial charge is 0.387 e. The SMILES string of the molecule is CCCCCCC#Cc1nc(N)c2ncn([C@@H]3O[C@H](CN)[C@@H](O)[C@H]3O)c2n1. The fraction of sp³-hybridized carbons (Fsp3) is 0.611. The Balaban J connectivity index is 1.84. The summed E-state index contributed by atoms with van der Waals surface area (Å²) in [6.07, 6.45) is 3.05. The molecule has 1 fully saturated rings. The Hall–Kier alpha value is -2.25. The van der Waals surface area contributed by atoms with Crippen molar-refractivity contribution in [3.8, 4) is 11.8 Å². The molecular formula is C18H26N6O3. The van der Waals surface area contributed by atoms with Gasteiger partial charge in [0, 0.05) is 13.0 Å². The van der Waals surface area contributed by atoms with Gasteiger partial charge < -0.3 is 26.4 Å². The molecule has 0 radical (unpaired) electrons. The third kappa shape index (κ3) is 4.04. The number of aliphatic hydroxyl groups excluding tert-OH is 2. The molecule has 6 N–H and O–H groups in total. The number of aliphatic hydroxyl groups is 2. The van der Waals surface area contributed by atoms with Crippen LogP contribution in [-0.2, 0) is 4.74 Å². The summed E-state index contributed by atoms with van der Waals surface area (Å²) in [4.78, 5) is 12.8. The second-order valence-electron chi connectivity index (χ2n) is 6.65. The van der Waals surface area contributed by atoms with Gasteiger partial charge in [-0.15, -0.1) is 0 Å². The van der Waals surface area contributed by atoms with Gasteiger partial charge in [0.1, 0.15) is 23.8 Å². The van der Waals surface area contributed by atoms with E-state index in [9.17, 15) is 10.2 Å². The highest BCUT2D eigenvalue weighted by Gasteiger charge is 2.43. The number of ether oxygens (including phenoxy) is 1. The monoisotopic (exact) mass is 374 g/mol. The summed E-state index contributed by atoms with van der Waals surface area (Å²) in [5, 5.41) is 20.3. The predicted octanol–water partition coefficient (Wildman–Crippen LogP) is 0.308. The first kappa shape index (κ1) is 19.5. The summed E-state index contributed by atoms with van der Waals surface area (Å²) in [7, 11) is 0. The minimum atomic E-state index is -1.15. The molecule has 1 aliphatic rings. The lowest BCUT2D eigenvalue weighted by Gasteiger charge is -2.16. The molecule has 27 heavy (non-hydrogen) atoms. The van der Waals surface area contributed by atoms with Gasteiger partial charge in [0.25, 0.3) is 0 Å². The number of nitrogens with zero attached hydrogens (tertiary/aromatic N) is 4. The second-order valence-corrected chi connectivity index (χ2v) is 6.65. The van der Waals surface area contributed by atoms with Crippen molar-refractivity contribution >= 4 is 17.0 Å². The average molecular weight is 374 g/mol. The molecular weight excluding hydrogens is 348 g/mol. The van der Waals surface area contributed by atoms with Crippen LogP contribution in [0.25, 0.3) is 11.2 Å². The fourth-order valence-corrected chi connectivity index (χ4v) is 3.12. The second kappa shape index (κ2) is 8.63. The highest BCUT2D eigenvalue weighted by molar-refractivity contribution is 5.82. The molecule has 9 heteroatoms. The van der Waals surface area contributed by atoms with Gasteiger partial charge in [0.05, 0.1) is 6.33 Å². The molecule has 146 valence electrons. The number of nitrogen functional groups attached to an aromatic ring is 1. The van der Waals surface area contributed by atoms with E-state index in [1.807, 2.05) is 0 Å². The third-order valence-corrected chi connectivity index (χ3v) is 4.65. The van der Waals surface area contributed by atoms with Crippen LogP contribution < -0.4 is 11.5 Å². The molecule has 1 saturated heterocycles. The van der Waals surface area contributed by atoms with Gasteiger partial charge in [0.15, 0.2) is 17.7 Å². The van der Waals surface area contributed by atoms with Gasteiger partial charge in [-0.25, -0.2) is 15.0 Å². The van der Waals surface area contributed by atoms with Crippen LogP contribution >= 0.6 is 0 Å². The number of anilines is 1. The minimum absolute atomic E-state index is 0.0905. The Morgan fingerprint density at radius 1 is 1.22 bits per heavy atom. The van der Waals surface area contributed by atoms with E-state index >= 15 is 0 Å². The molecule has 0 bridgehead atoms. The van der Waals surface area contributed by atoms with E-state index in [4.69, 9.17) is 16.2 Å². The summed E-state index contributed by atoms with van der Waals surface area (Å²) >= 11 is 0. The Kier molecular flexibility index (Phi) is 6.23. The Morgan fingerprint density at radius 2 is 2.04 bits per heavy atom. The molecule has 0 unspecified atom stereocenters. The normalized spacial score (nSPS) is 24.9. The number of imidazole rings is 1. The van der Waals surface area contributed by atoms with Crippen LogP contribution in [0.15, 0.2) is 6.33 Å². The summed E-state index contributed by atoms with van der Waals surface area (Å²) in [6, 6.07) is 0. The van der Waals surface area contributed by atoms with Crippen LogP contribution in [0.3, 0.4) is 0 Å². The average Bonchev–Trinajstić information content (AvgIpc) is 3.20. The zero-order valence-corrected chi connectivity index (χ0v) is 15.4. The first-order valence-electron chi connectivity index (χ1n) is 9.27. The number of hydrogen-bond donors (Lipinski definition) is 4. The number of unbranched alkanes of at least 4 members (excludes halogenated alkanes) is 4. The smallest absolute Gasteiger partial charge is 0.208 e. The van der Waals surface area contributed by atoms with Gasteiger partial charge in [0.2, 0.25) is 5.82 Å². The third-order valence-electron chi connectivity index (χ3n) is 4.65.